The highest BCUT2D eigenvalue weighted by atomic mass is 14.8. The van der Waals surface area contributed by atoms with Crippen molar-refractivity contribution in [1.82, 2.24) is 0 Å². The Kier molecular flexibility index (Phi) is 12.2. The SMILES string of the molecule is C=C(CC/C(=N/c1cc(/C=C/CCC)ccc1C)C(C)CC)/C(C)=C(CC)\C(C)=C/C. The van der Waals surface area contributed by atoms with Gasteiger partial charge >= 0.3 is 0 Å². The van der Waals surface area contributed by atoms with E-state index in [0.29, 0.717) is 5.92 Å². The van der Waals surface area contributed by atoms with Gasteiger partial charge in [-0.15, -0.1) is 0 Å². The molecule has 1 atom stereocenters. The third kappa shape index (κ3) is 8.48. The van der Waals surface area contributed by atoms with Crippen LogP contribution < -0.4 is 0 Å². The molecule has 0 radical (unpaired) electrons. The zero-order chi connectivity index (χ0) is 23.4. The van der Waals surface area contributed by atoms with E-state index in [1.807, 2.05) is 0 Å². The van der Waals surface area contributed by atoms with E-state index in [-0.39, 0.29) is 0 Å². The zero-order valence-electron chi connectivity index (χ0n) is 21.4. The van der Waals surface area contributed by atoms with E-state index in [1.165, 1.54) is 45.6 Å². The first-order valence-electron chi connectivity index (χ1n) is 12.1. The topological polar surface area (TPSA) is 12.4 Å². The van der Waals surface area contributed by atoms with Crippen LogP contribution in [0.1, 0.15) is 98.1 Å². The van der Waals surface area contributed by atoms with Crippen LogP contribution in [0.4, 0.5) is 5.69 Å². The maximum absolute atomic E-state index is 5.18. The molecule has 1 heteroatoms. The Hall–Kier alpha value is -2.15. The van der Waals surface area contributed by atoms with Crippen molar-refractivity contribution in [3.05, 3.63) is 70.3 Å². The summed E-state index contributed by atoms with van der Waals surface area (Å²) in [5.41, 5.74) is 10.2. The summed E-state index contributed by atoms with van der Waals surface area (Å²) in [5, 5.41) is 0. The second kappa shape index (κ2) is 14.0. The Labute approximate surface area is 192 Å². The van der Waals surface area contributed by atoms with E-state index in [1.54, 1.807) is 0 Å². The van der Waals surface area contributed by atoms with E-state index in [0.717, 1.165) is 37.8 Å². The Morgan fingerprint density at radius 1 is 1.13 bits per heavy atom. The highest BCUT2D eigenvalue weighted by Gasteiger charge is 2.13. The monoisotopic (exact) mass is 419 g/mol. The number of hydrogen-bond donors (Lipinski definition) is 0. The summed E-state index contributed by atoms with van der Waals surface area (Å²) in [5.74, 6) is 0.471. The molecule has 0 aromatic heterocycles. The number of aryl methyl sites for hydroxylation is 1. The number of benzene rings is 1. The second-order valence-electron chi connectivity index (χ2n) is 8.68. The van der Waals surface area contributed by atoms with Crippen LogP contribution in [-0.2, 0) is 0 Å². The molecule has 0 saturated carbocycles. The van der Waals surface area contributed by atoms with Gasteiger partial charge in [-0.3, -0.25) is 4.99 Å². The fourth-order valence-corrected chi connectivity index (χ4v) is 3.73. The highest BCUT2D eigenvalue weighted by Crippen LogP contribution is 2.28. The maximum atomic E-state index is 5.18. The Balaban J connectivity index is 3.15. The van der Waals surface area contributed by atoms with Crippen molar-refractivity contribution >= 4 is 17.5 Å². The highest BCUT2D eigenvalue weighted by molar-refractivity contribution is 5.89. The van der Waals surface area contributed by atoms with Crippen LogP contribution in [-0.4, -0.2) is 5.71 Å². The van der Waals surface area contributed by atoms with Gasteiger partial charge in [0.1, 0.15) is 0 Å². The molecule has 170 valence electrons. The molecule has 1 aromatic rings. The van der Waals surface area contributed by atoms with Crippen molar-refractivity contribution in [3.8, 4) is 0 Å². The lowest BCUT2D eigenvalue weighted by Crippen LogP contribution is -2.11. The minimum Gasteiger partial charge on any atom is -0.257 e. The average molecular weight is 420 g/mol. The van der Waals surface area contributed by atoms with Gasteiger partial charge in [-0.1, -0.05) is 82.2 Å². The van der Waals surface area contributed by atoms with Crippen LogP contribution in [0.15, 0.2) is 64.2 Å². The molecule has 31 heavy (non-hydrogen) atoms. The average Bonchev–Trinajstić information content (AvgIpc) is 2.77. The Bertz CT molecular complexity index is 845. The van der Waals surface area contributed by atoms with Crippen LogP contribution in [0.3, 0.4) is 0 Å². The van der Waals surface area contributed by atoms with Gasteiger partial charge in [0.2, 0.25) is 0 Å². The van der Waals surface area contributed by atoms with Crippen molar-refractivity contribution in [1.29, 1.82) is 0 Å². The molecule has 0 N–H and O–H groups in total. The minimum absolute atomic E-state index is 0.471. The van der Waals surface area contributed by atoms with Crippen molar-refractivity contribution < 1.29 is 0 Å². The molecule has 0 aliphatic rings. The van der Waals surface area contributed by atoms with Crippen LogP contribution in [0, 0.1) is 12.8 Å². The Morgan fingerprint density at radius 2 is 1.84 bits per heavy atom. The normalized spacial score (nSPS) is 14.7. The van der Waals surface area contributed by atoms with Gasteiger partial charge in [0.25, 0.3) is 0 Å². The summed E-state index contributed by atoms with van der Waals surface area (Å²) in [6.45, 7) is 22.1. The van der Waals surface area contributed by atoms with E-state index < -0.39 is 0 Å². The predicted molar refractivity (Wildman–Crippen MR) is 142 cm³/mol. The molecule has 1 nitrogen and oxygen atoms in total. The molecule has 0 aliphatic carbocycles. The smallest absolute Gasteiger partial charge is 0.0664 e. The van der Waals surface area contributed by atoms with Crippen LogP contribution in [0.2, 0.25) is 0 Å². The van der Waals surface area contributed by atoms with E-state index >= 15 is 0 Å². The molecule has 0 saturated heterocycles. The molecule has 1 aromatic carbocycles. The quantitative estimate of drug-likeness (QED) is 0.236. The number of rotatable bonds is 12. The van der Waals surface area contributed by atoms with E-state index in [2.05, 4.69) is 98.4 Å². The number of aliphatic imine (C=N–C) groups is 1. The zero-order valence-corrected chi connectivity index (χ0v) is 21.4. The molecule has 0 aliphatic heterocycles. The maximum Gasteiger partial charge on any atom is 0.0664 e. The fourth-order valence-electron chi connectivity index (χ4n) is 3.73. The Morgan fingerprint density at radius 3 is 2.42 bits per heavy atom. The van der Waals surface area contributed by atoms with E-state index in [9.17, 15) is 0 Å². The predicted octanol–water partition coefficient (Wildman–Crippen LogP) is 9.96. The summed E-state index contributed by atoms with van der Waals surface area (Å²) in [6.07, 6.45) is 13.0. The minimum atomic E-state index is 0.471. The van der Waals surface area contributed by atoms with Gasteiger partial charge in [-0.25, -0.2) is 0 Å². The summed E-state index contributed by atoms with van der Waals surface area (Å²) in [4.78, 5) is 5.18. The van der Waals surface area contributed by atoms with Crippen molar-refractivity contribution in [2.24, 2.45) is 10.9 Å². The van der Waals surface area contributed by atoms with Gasteiger partial charge in [-0.2, -0.15) is 0 Å². The van der Waals surface area contributed by atoms with Crippen LogP contribution >= 0.6 is 0 Å². The third-order valence-electron chi connectivity index (χ3n) is 6.37. The van der Waals surface area contributed by atoms with Gasteiger partial charge in [0.15, 0.2) is 0 Å². The van der Waals surface area contributed by atoms with Crippen LogP contribution in [0.5, 0.6) is 0 Å². The summed E-state index contributed by atoms with van der Waals surface area (Å²) in [7, 11) is 0. The standard InChI is InChI=1S/C30H45N/c1-10-14-15-16-27-19-17-25(8)30(21-27)31-29(23(6)12-3)20-18-24(7)26(9)28(13-4)22(5)11-2/h11,15-17,19,21,23H,7,10,12-14,18,20H2,1-6,8-9H3/b16-15+,22-11-,28-26-,31-29-. The molecule has 0 bridgehead atoms. The molecule has 0 spiro atoms. The van der Waals surface area contributed by atoms with Crippen molar-refractivity contribution in [2.75, 3.05) is 0 Å². The lowest BCUT2D eigenvalue weighted by molar-refractivity contribution is 0.718. The third-order valence-corrected chi connectivity index (χ3v) is 6.37. The summed E-state index contributed by atoms with van der Waals surface area (Å²) in [6, 6.07) is 6.61. The molecule has 0 fully saturated rings. The van der Waals surface area contributed by atoms with Gasteiger partial charge in [-0.05, 0) is 94.1 Å². The number of nitrogens with zero attached hydrogens (tertiary/aromatic N) is 1. The molecular weight excluding hydrogens is 374 g/mol. The fraction of sp³-hybridized carbons (Fsp3) is 0.500. The largest absolute Gasteiger partial charge is 0.257 e. The first-order chi connectivity index (χ1) is 14.8. The van der Waals surface area contributed by atoms with E-state index in [4.69, 9.17) is 4.99 Å². The number of hydrogen-bond acceptors (Lipinski definition) is 1. The summed E-state index contributed by atoms with van der Waals surface area (Å²) < 4.78 is 0. The number of allylic oxidation sites excluding steroid dienone is 6. The first-order valence-corrected chi connectivity index (χ1v) is 12.1. The molecule has 1 rings (SSSR count). The van der Waals surface area contributed by atoms with Crippen molar-refractivity contribution in [2.45, 2.75) is 93.9 Å². The summed E-state index contributed by atoms with van der Waals surface area (Å²) >= 11 is 0. The van der Waals surface area contributed by atoms with Gasteiger partial charge < -0.3 is 0 Å². The lowest BCUT2D eigenvalue weighted by atomic mass is 9.90. The molecule has 0 heterocycles. The van der Waals surface area contributed by atoms with Gasteiger partial charge in [0, 0.05) is 5.71 Å². The second-order valence-corrected chi connectivity index (χ2v) is 8.68. The van der Waals surface area contributed by atoms with Crippen molar-refractivity contribution in [3.63, 3.8) is 0 Å². The van der Waals surface area contributed by atoms with Crippen LogP contribution in [0.25, 0.3) is 6.08 Å². The first kappa shape index (κ1) is 26.9. The molecule has 0 amide bonds. The number of unbranched alkanes of at least 4 members (excludes halogenated alkanes) is 1. The molecule has 1 unspecified atom stereocenters. The van der Waals surface area contributed by atoms with Gasteiger partial charge in [0.05, 0.1) is 5.69 Å². The lowest BCUT2D eigenvalue weighted by Gasteiger charge is -2.17. The molecular formula is C30H45N.